The standard InChI is InChI=1S/C9H17NO2/c1-2-7(11)9(8(10)12)5-3-4-6-9/h7,11H,2-6H2,1H3,(H2,10,12). The van der Waals surface area contributed by atoms with Crippen LogP contribution in [0.25, 0.3) is 0 Å². The summed E-state index contributed by atoms with van der Waals surface area (Å²) in [7, 11) is 0. The first-order chi connectivity index (χ1) is 5.63. The van der Waals surface area contributed by atoms with Crippen molar-refractivity contribution in [2.24, 2.45) is 11.1 Å². The number of hydrogen-bond acceptors (Lipinski definition) is 2. The normalized spacial score (nSPS) is 23.8. The Morgan fingerprint density at radius 3 is 2.42 bits per heavy atom. The van der Waals surface area contributed by atoms with E-state index in [-0.39, 0.29) is 5.91 Å². The van der Waals surface area contributed by atoms with Gasteiger partial charge in [-0.2, -0.15) is 0 Å². The van der Waals surface area contributed by atoms with E-state index in [1.165, 1.54) is 0 Å². The fraction of sp³-hybridized carbons (Fsp3) is 0.889. The maximum atomic E-state index is 11.2. The van der Waals surface area contributed by atoms with Crippen LogP contribution in [0.4, 0.5) is 0 Å². The maximum absolute atomic E-state index is 11.2. The number of aliphatic hydroxyl groups is 1. The lowest BCUT2D eigenvalue weighted by Crippen LogP contribution is -2.44. The number of carbonyl (C=O) groups excluding carboxylic acids is 1. The van der Waals surface area contributed by atoms with Crippen LogP contribution < -0.4 is 5.73 Å². The van der Waals surface area contributed by atoms with E-state index >= 15 is 0 Å². The molecule has 1 aliphatic carbocycles. The minimum absolute atomic E-state index is 0.325. The zero-order chi connectivity index (χ0) is 9.19. The van der Waals surface area contributed by atoms with E-state index in [9.17, 15) is 9.90 Å². The van der Waals surface area contributed by atoms with Gasteiger partial charge in [0.25, 0.3) is 0 Å². The lowest BCUT2D eigenvalue weighted by molar-refractivity contribution is -0.134. The molecule has 0 bridgehead atoms. The summed E-state index contributed by atoms with van der Waals surface area (Å²) >= 11 is 0. The van der Waals surface area contributed by atoms with Crippen LogP contribution in [0.1, 0.15) is 39.0 Å². The van der Waals surface area contributed by atoms with Gasteiger partial charge in [0.15, 0.2) is 0 Å². The number of primary amides is 1. The van der Waals surface area contributed by atoms with Crippen molar-refractivity contribution in [1.29, 1.82) is 0 Å². The molecule has 1 fully saturated rings. The van der Waals surface area contributed by atoms with E-state index < -0.39 is 11.5 Å². The molecule has 1 unspecified atom stereocenters. The van der Waals surface area contributed by atoms with Crippen LogP contribution in [0.3, 0.4) is 0 Å². The number of amides is 1. The highest BCUT2D eigenvalue weighted by Gasteiger charge is 2.44. The highest BCUT2D eigenvalue weighted by Crippen LogP contribution is 2.41. The van der Waals surface area contributed by atoms with Gasteiger partial charge < -0.3 is 10.8 Å². The molecule has 0 aromatic carbocycles. The zero-order valence-electron chi connectivity index (χ0n) is 7.55. The van der Waals surface area contributed by atoms with Gasteiger partial charge >= 0.3 is 0 Å². The molecule has 3 N–H and O–H groups in total. The molecule has 1 aliphatic rings. The predicted octanol–water partition coefficient (Wildman–Crippen LogP) is 0.803. The van der Waals surface area contributed by atoms with Gasteiger partial charge in [-0.25, -0.2) is 0 Å². The Hall–Kier alpha value is -0.570. The molecule has 0 aromatic heterocycles. The summed E-state index contributed by atoms with van der Waals surface area (Å²) in [5, 5.41) is 9.68. The third kappa shape index (κ3) is 1.33. The average Bonchev–Trinajstić information content (AvgIpc) is 2.52. The van der Waals surface area contributed by atoms with E-state index in [2.05, 4.69) is 0 Å². The van der Waals surface area contributed by atoms with Crippen molar-refractivity contribution in [2.75, 3.05) is 0 Å². The van der Waals surface area contributed by atoms with Crippen molar-refractivity contribution in [3.63, 3.8) is 0 Å². The summed E-state index contributed by atoms with van der Waals surface area (Å²) in [5.74, 6) is -0.325. The van der Waals surface area contributed by atoms with Crippen molar-refractivity contribution in [3.8, 4) is 0 Å². The number of hydrogen-bond donors (Lipinski definition) is 2. The zero-order valence-corrected chi connectivity index (χ0v) is 7.55. The molecule has 1 atom stereocenters. The molecule has 0 spiro atoms. The fourth-order valence-electron chi connectivity index (χ4n) is 2.14. The van der Waals surface area contributed by atoms with Gasteiger partial charge in [0.1, 0.15) is 0 Å². The third-order valence-corrected chi connectivity index (χ3v) is 3.01. The first kappa shape index (κ1) is 9.52. The average molecular weight is 171 g/mol. The molecule has 3 nitrogen and oxygen atoms in total. The van der Waals surface area contributed by atoms with Crippen molar-refractivity contribution in [2.45, 2.75) is 45.1 Å². The summed E-state index contributed by atoms with van der Waals surface area (Å²) < 4.78 is 0. The third-order valence-electron chi connectivity index (χ3n) is 3.01. The van der Waals surface area contributed by atoms with Crippen LogP contribution in [0.2, 0.25) is 0 Å². The molecule has 3 heteroatoms. The molecule has 1 amide bonds. The molecule has 0 heterocycles. The minimum Gasteiger partial charge on any atom is -0.392 e. The molecule has 0 aliphatic heterocycles. The molecule has 0 radical (unpaired) electrons. The summed E-state index contributed by atoms with van der Waals surface area (Å²) in [6, 6.07) is 0. The molecular formula is C9H17NO2. The molecule has 12 heavy (non-hydrogen) atoms. The van der Waals surface area contributed by atoms with Crippen LogP contribution in [0.5, 0.6) is 0 Å². The second kappa shape index (κ2) is 3.44. The van der Waals surface area contributed by atoms with E-state index in [0.29, 0.717) is 6.42 Å². The van der Waals surface area contributed by atoms with Gasteiger partial charge in [-0.05, 0) is 19.3 Å². The van der Waals surface area contributed by atoms with Gasteiger partial charge in [-0.15, -0.1) is 0 Å². The number of nitrogens with two attached hydrogens (primary N) is 1. The van der Waals surface area contributed by atoms with Gasteiger partial charge in [0.05, 0.1) is 11.5 Å². The molecular weight excluding hydrogens is 154 g/mol. The quantitative estimate of drug-likeness (QED) is 0.659. The van der Waals surface area contributed by atoms with E-state index in [4.69, 9.17) is 5.73 Å². The molecule has 0 saturated heterocycles. The maximum Gasteiger partial charge on any atom is 0.226 e. The Bertz CT molecular complexity index is 173. The summed E-state index contributed by atoms with van der Waals surface area (Å²) in [5.41, 5.74) is 4.71. The van der Waals surface area contributed by atoms with Crippen molar-refractivity contribution in [1.82, 2.24) is 0 Å². The van der Waals surface area contributed by atoms with E-state index in [1.807, 2.05) is 6.92 Å². The second-order valence-electron chi connectivity index (χ2n) is 3.65. The topological polar surface area (TPSA) is 63.3 Å². The van der Waals surface area contributed by atoms with Crippen molar-refractivity contribution < 1.29 is 9.90 Å². The Morgan fingerprint density at radius 2 is 2.08 bits per heavy atom. The van der Waals surface area contributed by atoms with Crippen LogP contribution in [-0.4, -0.2) is 17.1 Å². The lowest BCUT2D eigenvalue weighted by Gasteiger charge is -2.29. The van der Waals surface area contributed by atoms with E-state index in [0.717, 1.165) is 25.7 Å². The molecule has 1 saturated carbocycles. The van der Waals surface area contributed by atoms with Crippen molar-refractivity contribution >= 4 is 5.91 Å². The monoisotopic (exact) mass is 171 g/mol. The van der Waals surface area contributed by atoms with E-state index in [1.54, 1.807) is 0 Å². The molecule has 1 rings (SSSR count). The van der Waals surface area contributed by atoms with Gasteiger partial charge in [0.2, 0.25) is 5.91 Å². The highest BCUT2D eigenvalue weighted by atomic mass is 16.3. The predicted molar refractivity (Wildman–Crippen MR) is 46.4 cm³/mol. The molecule has 70 valence electrons. The SMILES string of the molecule is CCC(O)C1(C(N)=O)CCCC1. The minimum atomic E-state index is -0.602. The Labute approximate surface area is 72.9 Å². The number of carbonyl (C=O) groups is 1. The van der Waals surface area contributed by atoms with Crippen molar-refractivity contribution in [3.05, 3.63) is 0 Å². The second-order valence-corrected chi connectivity index (χ2v) is 3.65. The largest absolute Gasteiger partial charge is 0.392 e. The first-order valence-electron chi connectivity index (χ1n) is 4.61. The van der Waals surface area contributed by atoms with Crippen LogP contribution >= 0.6 is 0 Å². The van der Waals surface area contributed by atoms with Gasteiger partial charge in [-0.3, -0.25) is 4.79 Å². The van der Waals surface area contributed by atoms with Gasteiger partial charge in [0, 0.05) is 0 Å². The van der Waals surface area contributed by atoms with Crippen LogP contribution in [0.15, 0.2) is 0 Å². The fourth-order valence-corrected chi connectivity index (χ4v) is 2.14. The first-order valence-corrected chi connectivity index (χ1v) is 4.61. The number of aliphatic hydroxyl groups excluding tert-OH is 1. The number of rotatable bonds is 3. The molecule has 0 aromatic rings. The smallest absolute Gasteiger partial charge is 0.226 e. The Morgan fingerprint density at radius 1 is 1.58 bits per heavy atom. The summed E-state index contributed by atoms with van der Waals surface area (Å²) in [6.45, 7) is 1.88. The van der Waals surface area contributed by atoms with Crippen LogP contribution in [0, 0.1) is 5.41 Å². The highest BCUT2D eigenvalue weighted by molar-refractivity contribution is 5.81. The summed E-state index contributed by atoms with van der Waals surface area (Å²) in [4.78, 5) is 11.2. The Kier molecular flexibility index (Phi) is 2.73. The van der Waals surface area contributed by atoms with Gasteiger partial charge in [-0.1, -0.05) is 19.8 Å². The van der Waals surface area contributed by atoms with Crippen LogP contribution in [-0.2, 0) is 4.79 Å². The summed E-state index contributed by atoms with van der Waals surface area (Å²) in [6.07, 6.45) is 3.62. The Balaban J connectivity index is 2.78. The lowest BCUT2D eigenvalue weighted by atomic mass is 9.78.